The highest BCUT2D eigenvalue weighted by Crippen LogP contribution is 2.31. The van der Waals surface area contributed by atoms with Gasteiger partial charge >= 0.3 is 0 Å². The molecule has 0 aliphatic carbocycles. The fraction of sp³-hybridized carbons (Fsp3) is 0.864. The lowest BCUT2D eigenvalue weighted by Gasteiger charge is -2.49. The second-order valence-corrected chi connectivity index (χ2v) is 9.41. The molecule has 8 nitrogen and oxygen atoms in total. The van der Waals surface area contributed by atoms with Crippen molar-refractivity contribution in [2.24, 2.45) is 4.99 Å². The van der Waals surface area contributed by atoms with Crippen molar-refractivity contribution in [3.05, 3.63) is 11.6 Å². The molecule has 2 saturated heterocycles. The Hall–Kier alpha value is -1.67. The van der Waals surface area contributed by atoms with Gasteiger partial charge in [0.1, 0.15) is 11.6 Å². The van der Waals surface area contributed by atoms with E-state index in [1.54, 1.807) is 0 Å². The molecule has 168 valence electrons. The predicted octanol–water partition coefficient (Wildman–Crippen LogP) is 1.41. The van der Waals surface area contributed by atoms with Crippen molar-refractivity contribution in [1.82, 2.24) is 35.2 Å². The van der Waals surface area contributed by atoms with Gasteiger partial charge < -0.3 is 15.5 Å². The SMILES string of the molecule is CCNC(=NCC1(N2CCCCC2)CCN(C)CC1)NC1CCc2nc(C)nn2C1. The van der Waals surface area contributed by atoms with E-state index in [0.29, 0.717) is 6.04 Å². The Morgan fingerprint density at radius 1 is 1.17 bits per heavy atom. The second-order valence-electron chi connectivity index (χ2n) is 9.41. The van der Waals surface area contributed by atoms with E-state index in [0.717, 1.165) is 50.1 Å². The van der Waals surface area contributed by atoms with Crippen LogP contribution in [-0.4, -0.2) is 88.4 Å². The molecular weight excluding hydrogens is 376 g/mol. The highest BCUT2D eigenvalue weighted by atomic mass is 15.4. The monoisotopic (exact) mass is 416 g/mol. The van der Waals surface area contributed by atoms with E-state index < -0.39 is 0 Å². The molecule has 2 N–H and O–H groups in total. The summed E-state index contributed by atoms with van der Waals surface area (Å²) in [4.78, 5) is 14.9. The summed E-state index contributed by atoms with van der Waals surface area (Å²) in [5.74, 6) is 2.94. The van der Waals surface area contributed by atoms with Crippen molar-refractivity contribution in [2.45, 2.75) is 76.9 Å². The molecule has 0 aromatic carbocycles. The Labute approximate surface area is 181 Å². The Bertz CT molecular complexity index is 713. The van der Waals surface area contributed by atoms with Crippen LogP contribution < -0.4 is 10.6 Å². The average Bonchev–Trinajstić information content (AvgIpc) is 3.13. The number of hydrogen-bond acceptors (Lipinski definition) is 5. The highest BCUT2D eigenvalue weighted by molar-refractivity contribution is 5.80. The fourth-order valence-corrected chi connectivity index (χ4v) is 5.27. The number of aryl methyl sites for hydroxylation is 2. The van der Waals surface area contributed by atoms with Gasteiger partial charge in [0.25, 0.3) is 0 Å². The number of nitrogens with one attached hydrogen (secondary N) is 2. The molecule has 4 heterocycles. The lowest BCUT2D eigenvalue weighted by Crippen LogP contribution is -2.58. The molecule has 0 amide bonds. The lowest BCUT2D eigenvalue weighted by atomic mass is 9.84. The summed E-state index contributed by atoms with van der Waals surface area (Å²) in [6.07, 6.45) is 8.54. The summed E-state index contributed by atoms with van der Waals surface area (Å²) in [5, 5.41) is 11.7. The van der Waals surface area contributed by atoms with Crippen molar-refractivity contribution in [1.29, 1.82) is 0 Å². The molecule has 0 spiro atoms. The molecule has 2 fully saturated rings. The number of piperidine rings is 2. The Balaban J connectivity index is 1.44. The Kier molecular flexibility index (Phi) is 6.93. The zero-order valence-electron chi connectivity index (χ0n) is 19.2. The number of hydrogen-bond donors (Lipinski definition) is 2. The van der Waals surface area contributed by atoms with Gasteiger partial charge in [-0.25, -0.2) is 9.67 Å². The zero-order chi connectivity index (χ0) is 21.0. The van der Waals surface area contributed by atoms with Crippen LogP contribution in [0.1, 0.15) is 57.1 Å². The molecule has 0 saturated carbocycles. The van der Waals surface area contributed by atoms with E-state index in [-0.39, 0.29) is 5.54 Å². The van der Waals surface area contributed by atoms with Crippen LogP contribution in [0.3, 0.4) is 0 Å². The standard InChI is InChI=1S/C22H40N8/c1-4-23-21(26-19-8-9-20-25-18(2)27-30(20)16-19)24-17-22(10-14-28(3)15-11-22)29-12-6-5-7-13-29/h19H,4-17H2,1-3H3,(H2,23,24,26). The maximum atomic E-state index is 5.15. The first-order valence-electron chi connectivity index (χ1n) is 12.0. The molecular formula is C22H40N8. The number of rotatable bonds is 5. The van der Waals surface area contributed by atoms with Crippen LogP contribution in [0.2, 0.25) is 0 Å². The molecule has 4 rings (SSSR count). The van der Waals surface area contributed by atoms with Gasteiger partial charge in [-0.2, -0.15) is 5.10 Å². The van der Waals surface area contributed by atoms with Gasteiger partial charge in [-0.05, 0) is 79.2 Å². The molecule has 3 aliphatic rings. The van der Waals surface area contributed by atoms with Crippen LogP contribution in [0.5, 0.6) is 0 Å². The third-order valence-corrected chi connectivity index (χ3v) is 7.13. The van der Waals surface area contributed by atoms with E-state index in [1.165, 1.54) is 58.3 Å². The molecule has 3 aliphatic heterocycles. The molecule has 1 aromatic heterocycles. The molecule has 1 aromatic rings. The van der Waals surface area contributed by atoms with Crippen LogP contribution >= 0.6 is 0 Å². The minimum atomic E-state index is 0.220. The third-order valence-electron chi connectivity index (χ3n) is 7.13. The summed E-state index contributed by atoms with van der Waals surface area (Å²) >= 11 is 0. The van der Waals surface area contributed by atoms with E-state index >= 15 is 0 Å². The largest absolute Gasteiger partial charge is 0.357 e. The van der Waals surface area contributed by atoms with Gasteiger partial charge in [0, 0.05) is 24.5 Å². The van der Waals surface area contributed by atoms with Crippen LogP contribution in [0.15, 0.2) is 4.99 Å². The van der Waals surface area contributed by atoms with Gasteiger partial charge in [0.05, 0.1) is 13.1 Å². The minimum absolute atomic E-state index is 0.220. The van der Waals surface area contributed by atoms with Gasteiger partial charge in [-0.3, -0.25) is 9.89 Å². The average molecular weight is 417 g/mol. The molecule has 0 bridgehead atoms. The van der Waals surface area contributed by atoms with Crippen molar-refractivity contribution in [3.63, 3.8) is 0 Å². The first kappa shape index (κ1) is 21.6. The van der Waals surface area contributed by atoms with Gasteiger partial charge in [-0.1, -0.05) is 6.42 Å². The topological polar surface area (TPSA) is 73.6 Å². The van der Waals surface area contributed by atoms with E-state index in [2.05, 4.69) is 49.2 Å². The molecule has 8 heteroatoms. The van der Waals surface area contributed by atoms with Crippen LogP contribution in [0.4, 0.5) is 0 Å². The summed E-state index contributed by atoms with van der Waals surface area (Å²) in [6, 6.07) is 0.347. The number of aliphatic imine (C=N–C) groups is 1. The van der Waals surface area contributed by atoms with Crippen molar-refractivity contribution >= 4 is 5.96 Å². The normalized spacial score (nSPS) is 25.7. The van der Waals surface area contributed by atoms with Gasteiger partial charge in [-0.15, -0.1) is 0 Å². The maximum Gasteiger partial charge on any atom is 0.191 e. The third kappa shape index (κ3) is 4.97. The van der Waals surface area contributed by atoms with Crippen LogP contribution in [-0.2, 0) is 13.0 Å². The Morgan fingerprint density at radius 2 is 1.93 bits per heavy atom. The quantitative estimate of drug-likeness (QED) is 0.559. The van der Waals surface area contributed by atoms with Gasteiger partial charge in [0.2, 0.25) is 0 Å². The number of likely N-dealkylation sites (tertiary alicyclic amines) is 2. The summed E-state index contributed by atoms with van der Waals surface area (Å²) in [7, 11) is 2.25. The summed E-state index contributed by atoms with van der Waals surface area (Å²) < 4.78 is 2.06. The number of nitrogens with zero attached hydrogens (tertiary/aromatic N) is 6. The lowest BCUT2D eigenvalue weighted by molar-refractivity contribution is 0.0208. The molecule has 1 unspecified atom stereocenters. The fourth-order valence-electron chi connectivity index (χ4n) is 5.27. The van der Waals surface area contributed by atoms with Crippen molar-refractivity contribution in [2.75, 3.05) is 46.3 Å². The van der Waals surface area contributed by atoms with Gasteiger partial charge in [0.15, 0.2) is 5.96 Å². The van der Waals surface area contributed by atoms with E-state index in [9.17, 15) is 0 Å². The van der Waals surface area contributed by atoms with E-state index in [4.69, 9.17) is 4.99 Å². The van der Waals surface area contributed by atoms with Crippen molar-refractivity contribution in [3.8, 4) is 0 Å². The Morgan fingerprint density at radius 3 is 2.67 bits per heavy atom. The predicted molar refractivity (Wildman–Crippen MR) is 121 cm³/mol. The van der Waals surface area contributed by atoms with Crippen molar-refractivity contribution < 1.29 is 0 Å². The zero-order valence-corrected chi connectivity index (χ0v) is 19.2. The molecule has 30 heavy (non-hydrogen) atoms. The number of guanidine groups is 1. The first-order chi connectivity index (χ1) is 14.6. The molecule has 0 radical (unpaired) electrons. The second kappa shape index (κ2) is 9.64. The number of fused-ring (bicyclic) bond motifs is 1. The minimum Gasteiger partial charge on any atom is -0.357 e. The summed E-state index contributed by atoms with van der Waals surface area (Å²) in [6.45, 7) is 11.6. The smallest absolute Gasteiger partial charge is 0.191 e. The van der Waals surface area contributed by atoms with Crippen LogP contribution in [0, 0.1) is 6.92 Å². The maximum absolute atomic E-state index is 5.15. The van der Waals surface area contributed by atoms with Crippen LogP contribution in [0.25, 0.3) is 0 Å². The molecule has 1 atom stereocenters. The van der Waals surface area contributed by atoms with E-state index in [1.807, 2.05) is 6.92 Å². The first-order valence-corrected chi connectivity index (χ1v) is 12.0. The summed E-state index contributed by atoms with van der Waals surface area (Å²) in [5.41, 5.74) is 0.220. The highest BCUT2D eigenvalue weighted by Gasteiger charge is 2.39. The number of aromatic nitrogens is 3.